The number of nitrogens with one attached hydrogen (secondary N) is 2. The van der Waals surface area contributed by atoms with E-state index < -0.39 is 0 Å². The van der Waals surface area contributed by atoms with Crippen LogP contribution in [0.1, 0.15) is 12.8 Å². The molecule has 0 aromatic carbocycles. The van der Waals surface area contributed by atoms with E-state index in [1.54, 1.807) is 0 Å². The Bertz CT molecular complexity index is 157. The number of hydrogen-bond acceptors (Lipinski definition) is 4. The predicted molar refractivity (Wildman–Crippen MR) is 67.9 cm³/mol. The summed E-state index contributed by atoms with van der Waals surface area (Å²) >= 11 is 0. The van der Waals surface area contributed by atoms with Gasteiger partial charge in [0.2, 0.25) is 0 Å². The zero-order valence-corrected chi connectivity index (χ0v) is 10.4. The molecule has 0 unspecified atom stereocenters. The normalized spacial score (nSPS) is 22.5. The molecule has 3 aliphatic rings. The Kier molecular flexibility index (Phi) is 5.55. The fourth-order valence-electron chi connectivity index (χ4n) is 1.57. The summed E-state index contributed by atoms with van der Waals surface area (Å²) in [6.07, 6.45) is 2.65. The van der Waals surface area contributed by atoms with Gasteiger partial charge in [-0.3, -0.25) is 0 Å². The van der Waals surface area contributed by atoms with Crippen LogP contribution in [0.5, 0.6) is 0 Å². The predicted octanol–water partition coefficient (Wildman–Crippen LogP) is -0.423. The van der Waals surface area contributed by atoms with E-state index in [4.69, 9.17) is 0 Å². The largest absolute Gasteiger partial charge is 0.317 e. The van der Waals surface area contributed by atoms with Crippen LogP contribution in [0.4, 0.5) is 0 Å². The van der Waals surface area contributed by atoms with E-state index in [1.807, 2.05) is 0 Å². The molecule has 4 heteroatoms. The topological polar surface area (TPSA) is 40.0 Å². The van der Waals surface area contributed by atoms with E-state index in [2.05, 4.69) is 20.4 Å². The van der Waals surface area contributed by atoms with E-state index in [0.717, 1.165) is 0 Å². The maximum Gasteiger partial charge on any atom is 0.0110 e. The van der Waals surface area contributed by atoms with E-state index in [-0.39, 0.29) is 0 Å². The molecule has 0 atom stereocenters. The van der Waals surface area contributed by atoms with Crippen molar-refractivity contribution in [2.45, 2.75) is 12.8 Å². The van der Waals surface area contributed by atoms with Gasteiger partial charge in [0.1, 0.15) is 0 Å². The first-order valence-corrected chi connectivity index (χ1v) is 6.81. The Labute approximate surface area is 99.4 Å². The van der Waals surface area contributed by atoms with Crippen LogP contribution in [0, 0.1) is 0 Å². The highest BCUT2D eigenvalue weighted by Crippen LogP contribution is 2.03. The quantitative estimate of drug-likeness (QED) is 0.435. The van der Waals surface area contributed by atoms with Crippen molar-refractivity contribution in [3.8, 4) is 0 Å². The Morgan fingerprint density at radius 1 is 0.812 bits per heavy atom. The highest BCUT2D eigenvalue weighted by Gasteiger charge is 2.16. The summed E-state index contributed by atoms with van der Waals surface area (Å²) in [5, 5.41) is 6.50. The second-order valence-corrected chi connectivity index (χ2v) is 4.89. The molecule has 3 saturated heterocycles. The van der Waals surface area contributed by atoms with Crippen LogP contribution in [-0.4, -0.2) is 75.2 Å². The second kappa shape index (κ2) is 7.22. The van der Waals surface area contributed by atoms with Gasteiger partial charge in [0.15, 0.2) is 0 Å². The fraction of sp³-hybridized carbons (Fsp3) is 1.00. The van der Waals surface area contributed by atoms with Gasteiger partial charge in [-0.15, -0.1) is 0 Å². The van der Waals surface area contributed by atoms with Crippen molar-refractivity contribution in [3.63, 3.8) is 0 Å². The molecule has 0 aromatic rings. The van der Waals surface area contributed by atoms with Crippen molar-refractivity contribution >= 4 is 0 Å². The molecule has 0 amide bonds. The molecule has 3 fully saturated rings. The molecule has 0 aromatic heterocycles. The summed E-state index contributed by atoms with van der Waals surface area (Å²) in [6, 6.07) is 0. The zero-order chi connectivity index (χ0) is 11.1. The molecular weight excluding hydrogens is 200 g/mol. The van der Waals surface area contributed by atoms with E-state index in [1.165, 1.54) is 78.3 Å². The molecular formula is C12H26N4. The monoisotopic (exact) mass is 226 g/mol. The van der Waals surface area contributed by atoms with Crippen molar-refractivity contribution in [1.29, 1.82) is 0 Å². The minimum Gasteiger partial charge on any atom is -0.317 e. The van der Waals surface area contributed by atoms with Gasteiger partial charge in [-0.1, -0.05) is 0 Å². The average Bonchev–Trinajstić information content (AvgIpc) is 3.17. The maximum absolute atomic E-state index is 3.50. The molecule has 3 rings (SSSR count). The Morgan fingerprint density at radius 3 is 1.56 bits per heavy atom. The first kappa shape index (κ1) is 12.3. The van der Waals surface area contributed by atoms with Crippen molar-refractivity contribution < 1.29 is 0 Å². The van der Waals surface area contributed by atoms with Crippen LogP contribution in [-0.2, 0) is 0 Å². The molecule has 0 saturated carbocycles. The minimum atomic E-state index is 1.20. The van der Waals surface area contributed by atoms with Crippen LogP contribution in [0.3, 0.4) is 0 Å². The molecule has 3 aliphatic heterocycles. The lowest BCUT2D eigenvalue weighted by Crippen LogP contribution is -2.20. The number of hydrogen-bond donors (Lipinski definition) is 2. The summed E-state index contributed by atoms with van der Waals surface area (Å²) < 4.78 is 0. The van der Waals surface area contributed by atoms with Crippen LogP contribution < -0.4 is 10.6 Å². The molecule has 16 heavy (non-hydrogen) atoms. The van der Waals surface area contributed by atoms with E-state index in [0.29, 0.717) is 0 Å². The average molecular weight is 226 g/mol. The summed E-state index contributed by atoms with van der Waals surface area (Å²) in [6.45, 7) is 12.9. The van der Waals surface area contributed by atoms with Crippen LogP contribution >= 0.6 is 0 Å². The zero-order valence-electron chi connectivity index (χ0n) is 10.4. The standard InChI is InChI=1S/C10H21N3.C2H5N/c1(5-12-7-8-12)3-11-4-2-6-13-9-10-13;1-2-3-1/h11H,1-10H2;3H,1-2H2. The van der Waals surface area contributed by atoms with Gasteiger partial charge in [-0.05, 0) is 39.0 Å². The SMILES string of the molecule is C(CNCCCN1CC1)CN1CC1.C1CN1. The van der Waals surface area contributed by atoms with Gasteiger partial charge in [0.05, 0.1) is 0 Å². The molecule has 0 radical (unpaired) electrons. The first-order valence-electron chi connectivity index (χ1n) is 6.81. The summed E-state index contributed by atoms with van der Waals surface area (Å²) in [7, 11) is 0. The third-order valence-corrected chi connectivity index (χ3v) is 2.99. The van der Waals surface area contributed by atoms with E-state index in [9.17, 15) is 0 Å². The molecule has 2 N–H and O–H groups in total. The Hall–Kier alpha value is -0.160. The Morgan fingerprint density at radius 2 is 1.25 bits per heavy atom. The lowest BCUT2D eigenvalue weighted by atomic mass is 10.4. The first-order chi connectivity index (χ1) is 7.95. The number of rotatable bonds is 8. The molecule has 4 nitrogen and oxygen atoms in total. The lowest BCUT2D eigenvalue weighted by Gasteiger charge is -2.04. The minimum absolute atomic E-state index is 1.20. The van der Waals surface area contributed by atoms with Gasteiger partial charge in [-0.2, -0.15) is 0 Å². The van der Waals surface area contributed by atoms with Gasteiger partial charge in [-0.25, -0.2) is 0 Å². The second-order valence-electron chi connectivity index (χ2n) is 4.89. The highest BCUT2D eigenvalue weighted by molar-refractivity contribution is 4.73. The smallest absolute Gasteiger partial charge is 0.0110 e. The lowest BCUT2D eigenvalue weighted by molar-refractivity contribution is 0.487. The molecule has 0 bridgehead atoms. The fourth-order valence-corrected chi connectivity index (χ4v) is 1.57. The van der Waals surface area contributed by atoms with Crippen molar-refractivity contribution in [3.05, 3.63) is 0 Å². The van der Waals surface area contributed by atoms with Crippen LogP contribution in [0.2, 0.25) is 0 Å². The maximum atomic E-state index is 3.50. The summed E-state index contributed by atoms with van der Waals surface area (Å²) in [5.74, 6) is 0. The van der Waals surface area contributed by atoms with Gasteiger partial charge in [0.25, 0.3) is 0 Å². The summed E-state index contributed by atoms with van der Waals surface area (Å²) in [5.41, 5.74) is 0. The molecule has 94 valence electrons. The Balaban J connectivity index is 0.000000278. The van der Waals surface area contributed by atoms with Crippen LogP contribution in [0.25, 0.3) is 0 Å². The third kappa shape index (κ3) is 8.05. The van der Waals surface area contributed by atoms with Gasteiger partial charge >= 0.3 is 0 Å². The van der Waals surface area contributed by atoms with Crippen LogP contribution in [0.15, 0.2) is 0 Å². The molecule has 3 heterocycles. The van der Waals surface area contributed by atoms with Gasteiger partial charge in [0, 0.05) is 39.3 Å². The van der Waals surface area contributed by atoms with Crippen molar-refractivity contribution in [1.82, 2.24) is 20.4 Å². The van der Waals surface area contributed by atoms with Gasteiger partial charge < -0.3 is 20.4 Å². The summed E-state index contributed by atoms with van der Waals surface area (Å²) in [4.78, 5) is 4.97. The van der Waals surface area contributed by atoms with E-state index >= 15 is 0 Å². The highest BCUT2D eigenvalue weighted by atomic mass is 15.3. The third-order valence-electron chi connectivity index (χ3n) is 2.99. The molecule has 0 spiro atoms. The number of nitrogens with zero attached hydrogens (tertiary/aromatic N) is 2. The van der Waals surface area contributed by atoms with Crippen molar-refractivity contribution in [2.75, 3.05) is 65.4 Å². The van der Waals surface area contributed by atoms with Crippen molar-refractivity contribution in [2.24, 2.45) is 0 Å². The molecule has 0 aliphatic carbocycles.